The molecule has 2 atom stereocenters. The van der Waals surface area contributed by atoms with Gasteiger partial charge < -0.3 is 5.73 Å². The first kappa shape index (κ1) is 14.5. The monoisotopic (exact) mass is 282 g/mol. The van der Waals surface area contributed by atoms with Crippen LogP contribution in [-0.4, -0.2) is 15.0 Å². The lowest BCUT2D eigenvalue weighted by molar-refractivity contribution is 0.414. The molecule has 1 aromatic rings. The second-order valence-electron chi connectivity index (χ2n) is 5.33. The molecule has 1 aliphatic rings. The molecule has 0 spiro atoms. The van der Waals surface area contributed by atoms with E-state index in [2.05, 4.69) is 11.6 Å². The van der Waals surface area contributed by atoms with E-state index in [9.17, 15) is 8.42 Å². The van der Waals surface area contributed by atoms with E-state index in [0.717, 1.165) is 6.42 Å². The summed E-state index contributed by atoms with van der Waals surface area (Å²) in [5.41, 5.74) is 6.26. The van der Waals surface area contributed by atoms with Crippen LogP contribution in [-0.2, 0) is 16.6 Å². The molecule has 3 N–H and O–H groups in total. The normalized spacial score (nSPS) is 23.7. The standard InChI is InChI=1S/C14H22N2O2S/c1-11-5-4-7-13(11)10-16-19(17,18)14-8-3-2-6-12(14)9-15/h2-3,6,8,11,13,16H,4-5,7,9-10,15H2,1H3. The van der Waals surface area contributed by atoms with Crippen LogP contribution in [0.15, 0.2) is 29.2 Å². The van der Waals surface area contributed by atoms with E-state index < -0.39 is 10.0 Å². The average molecular weight is 282 g/mol. The molecule has 0 aromatic heterocycles. The van der Waals surface area contributed by atoms with Crippen LogP contribution in [0.2, 0.25) is 0 Å². The fourth-order valence-electron chi connectivity index (χ4n) is 2.75. The van der Waals surface area contributed by atoms with Gasteiger partial charge in [-0.05, 0) is 29.9 Å². The Morgan fingerprint density at radius 2 is 2.05 bits per heavy atom. The van der Waals surface area contributed by atoms with Crippen LogP contribution >= 0.6 is 0 Å². The van der Waals surface area contributed by atoms with Gasteiger partial charge in [0.05, 0.1) is 4.90 Å². The Bertz CT molecular complexity index is 528. The molecular formula is C14H22N2O2S. The highest BCUT2D eigenvalue weighted by atomic mass is 32.2. The van der Waals surface area contributed by atoms with Crippen molar-refractivity contribution in [1.82, 2.24) is 4.72 Å². The molecule has 0 bridgehead atoms. The van der Waals surface area contributed by atoms with E-state index in [1.165, 1.54) is 12.8 Å². The van der Waals surface area contributed by atoms with Crippen molar-refractivity contribution in [2.75, 3.05) is 6.54 Å². The van der Waals surface area contributed by atoms with E-state index in [-0.39, 0.29) is 6.54 Å². The van der Waals surface area contributed by atoms with Crippen LogP contribution in [0.3, 0.4) is 0 Å². The highest BCUT2D eigenvalue weighted by Gasteiger charge is 2.25. The summed E-state index contributed by atoms with van der Waals surface area (Å²) < 4.78 is 27.4. The Morgan fingerprint density at radius 1 is 1.32 bits per heavy atom. The van der Waals surface area contributed by atoms with E-state index in [0.29, 0.717) is 28.8 Å². The summed E-state index contributed by atoms with van der Waals surface area (Å²) >= 11 is 0. The lowest BCUT2D eigenvalue weighted by Gasteiger charge is -2.17. The number of nitrogens with two attached hydrogens (primary N) is 1. The molecule has 0 heterocycles. The maximum atomic E-state index is 12.3. The Labute approximate surface area is 115 Å². The van der Waals surface area contributed by atoms with Crippen LogP contribution in [0.5, 0.6) is 0 Å². The third kappa shape index (κ3) is 3.35. The summed E-state index contributed by atoms with van der Waals surface area (Å²) in [5.74, 6) is 1.06. The van der Waals surface area contributed by atoms with Crippen molar-refractivity contribution in [3.05, 3.63) is 29.8 Å². The Kier molecular flexibility index (Phi) is 4.60. The van der Waals surface area contributed by atoms with E-state index in [4.69, 9.17) is 5.73 Å². The summed E-state index contributed by atoms with van der Waals surface area (Å²) in [4.78, 5) is 0.308. The smallest absolute Gasteiger partial charge is 0.240 e. The van der Waals surface area contributed by atoms with Crippen molar-refractivity contribution in [3.63, 3.8) is 0 Å². The molecule has 0 saturated heterocycles. The van der Waals surface area contributed by atoms with Gasteiger partial charge >= 0.3 is 0 Å². The first-order valence-electron chi connectivity index (χ1n) is 6.82. The van der Waals surface area contributed by atoms with Crippen molar-refractivity contribution >= 4 is 10.0 Å². The first-order chi connectivity index (χ1) is 9.04. The van der Waals surface area contributed by atoms with Crippen LogP contribution < -0.4 is 10.5 Å². The molecule has 0 aliphatic heterocycles. The number of hydrogen-bond donors (Lipinski definition) is 2. The molecule has 1 saturated carbocycles. The maximum Gasteiger partial charge on any atom is 0.240 e. The van der Waals surface area contributed by atoms with Gasteiger partial charge in [-0.3, -0.25) is 0 Å². The second-order valence-corrected chi connectivity index (χ2v) is 7.07. The highest BCUT2D eigenvalue weighted by Crippen LogP contribution is 2.30. The van der Waals surface area contributed by atoms with Crippen LogP contribution in [0.25, 0.3) is 0 Å². The number of hydrogen-bond acceptors (Lipinski definition) is 3. The van der Waals surface area contributed by atoms with E-state index in [1.54, 1.807) is 24.3 Å². The summed E-state index contributed by atoms with van der Waals surface area (Å²) in [6, 6.07) is 6.90. The summed E-state index contributed by atoms with van der Waals surface area (Å²) in [5, 5.41) is 0. The van der Waals surface area contributed by atoms with Gasteiger partial charge in [-0.2, -0.15) is 0 Å². The topological polar surface area (TPSA) is 72.2 Å². The minimum Gasteiger partial charge on any atom is -0.326 e. The number of sulfonamides is 1. The SMILES string of the molecule is CC1CCCC1CNS(=O)(=O)c1ccccc1CN. The van der Waals surface area contributed by atoms with Gasteiger partial charge in [-0.1, -0.05) is 38.0 Å². The highest BCUT2D eigenvalue weighted by molar-refractivity contribution is 7.89. The van der Waals surface area contributed by atoms with Gasteiger partial charge in [0.2, 0.25) is 10.0 Å². The number of nitrogens with one attached hydrogen (secondary N) is 1. The summed E-state index contributed by atoms with van der Waals surface area (Å²) in [7, 11) is -3.44. The third-order valence-electron chi connectivity index (χ3n) is 4.06. The summed E-state index contributed by atoms with van der Waals surface area (Å²) in [6.07, 6.45) is 3.51. The van der Waals surface area contributed by atoms with Gasteiger partial charge in [0.25, 0.3) is 0 Å². The molecule has 1 aromatic carbocycles. The molecule has 4 nitrogen and oxygen atoms in total. The molecule has 5 heteroatoms. The third-order valence-corrected chi connectivity index (χ3v) is 5.58. The van der Waals surface area contributed by atoms with Crippen LogP contribution in [0, 0.1) is 11.8 Å². The van der Waals surface area contributed by atoms with Crippen molar-refractivity contribution < 1.29 is 8.42 Å². The fourth-order valence-corrected chi connectivity index (χ4v) is 4.10. The number of rotatable bonds is 5. The zero-order chi connectivity index (χ0) is 13.9. The zero-order valence-corrected chi connectivity index (χ0v) is 12.1. The molecule has 2 rings (SSSR count). The minimum atomic E-state index is -3.44. The lowest BCUT2D eigenvalue weighted by Crippen LogP contribution is -2.31. The Hall–Kier alpha value is -0.910. The van der Waals surface area contributed by atoms with Crippen molar-refractivity contribution in [2.45, 2.75) is 37.6 Å². The summed E-state index contributed by atoms with van der Waals surface area (Å²) in [6.45, 7) is 2.96. The zero-order valence-electron chi connectivity index (χ0n) is 11.3. The van der Waals surface area contributed by atoms with E-state index in [1.807, 2.05) is 0 Å². The molecule has 19 heavy (non-hydrogen) atoms. The minimum absolute atomic E-state index is 0.233. The van der Waals surface area contributed by atoms with Gasteiger partial charge in [-0.15, -0.1) is 0 Å². The molecule has 2 unspecified atom stereocenters. The Balaban J connectivity index is 2.09. The molecule has 1 aliphatic carbocycles. The predicted octanol–water partition coefficient (Wildman–Crippen LogP) is 1.86. The number of benzene rings is 1. The maximum absolute atomic E-state index is 12.3. The first-order valence-corrected chi connectivity index (χ1v) is 8.30. The average Bonchev–Trinajstić information content (AvgIpc) is 2.82. The Morgan fingerprint density at radius 3 is 2.68 bits per heavy atom. The molecule has 0 radical (unpaired) electrons. The predicted molar refractivity (Wildman–Crippen MR) is 76.0 cm³/mol. The lowest BCUT2D eigenvalue weighted by atomic mass is 9.99. The van der Waals surface area contributed by atoms with Crippen molar-refractivity contribution in [3.8, 4) is 0 Å². The van der Waals surface area contributed by atoms with Gasteiger partial charge in [0.15, 0.2) is 0 Å². The van der Waals surface area contributed by atoms with Gasteiger partial charge in [0.1, 0.15) is 0 Å². The van der Waals surface area contributed by atoms with Crippen molar-refractivity contribution in [1.29, 1.82) is 0 Å². The molecule has 1 fully saturated rings. The van der Waals surface area contributed by atoms with Crippen LogP contribution in [0.1, 0.15) is 31.7 Å². The van der Waals surface area contributed by atoms with Gasteiger partial charge in [-0.25, -0.2) is 13.1 Å². The quantitative estimate of drug-likeness (QED) is 0.866. The molecule has 106 valence electrons. The molecular weight excluding hydrogens is 260 g/mol. The van der Waals surface area contributed by atoms with Crippen molar-refractivity contribution in [2.24, 2.45) is 17.6 Å². The largest absolute Gasteiger partial charge is 0.326 e. The molecule has 0 amide bonds. The van der Waals surface area contributed by atoms with E-state index >= 15 is 0 Å². The fraction of sp³-hybridized carbons (Fsp3) is 0.571. The van der Waals surface area contributed by atoms with Crippen LogP contribution in [0.4, 0.5) is 0 Å². The second kappa shape index (κ2) is 6.03. The van der Waals surface area contributed by atoms with Gasteiger partial charge in [0, 0.05) is 13.1 Å².